The van der Waals surface area contributed by atoms with Crippen molar-refractivity contribution in [2.45, 2.75) is 79.0 Å². The average molecular weight is 633 g/mol. The Morgan fingerprint density at radius 3 is 2.54 bits per heavy atom. The summed E-state index contributed by atoms with van der Waals surface area (Å²) in [6, 6.07) is 6.98. The quantitative estimate of drug-likeness (QED) is 0.248. The summed E-state index contributed by atoms with van der Waals surface area (Å²) in [4.78, 5) is 34.4. The van der Waals surface area contributed by atoms with Gasteiger partial charge in [-0.25, -0.2) is 33.5 Å². The van der Waals surface area contributed by atoms with E-state index in [9.17, 15) is 9.18 Å². The van der Waals surface area contributed by atoms with E-state index in [0.717, 1.165) is 63.9 Å². The molecule has 1 saturated heterocycles. The molecule has 1 amide bonds. The molecule has 46 heavy (non-hydrogen) atoms. The normalized spacial score (nSPS) is 16.2. The number of aromatic nitrogens is 5. The summed E-state index contributed by atoms with van der Waals surface area (Å²) >= 11 is 0. The Morgan fingerprint density at radius 1 is 1.07 bits per heavy atom. The Labute approximate surface area is 268 Å². The van der Waals surface area contributed by atoms with E-state index in [1.807, 2.05) is 57.1 Å². The average Bonchev–Trinajstić information content (AvgIpc) is 3.34. The van der Waals surface area contributed by atoms with Gasteiger partial charge in [0.25, 0.3) is 0 Å². The van der Waals surface area contributed by atoms with Crippen molar-refractivity contribution in [2.24, 2.45) is 5.92 Å². The molecule has 0 radical (unpaired) electrons. The van der Waals surface area contributed by atoms with Gasteiger partial charge in [-0.15, -0.1) is 0 Å². The second-order valence-corrected chi connectivity index (χ2v) is 13.7. The van der Waals surface area contributed by atoms with E-state index >= 15 is 4.39 Å². The van der Waals surface area contributed by atoms with Gasteiger partial charge >= 0.3 is 6.09 Å². The molecule has 10 nitrogen and oxygen atoms in total. The number of ether oxygens (including phenoxy) is 1. The molecule has 1 fully saturated rings. The number of amides is 1. The number of aryl methyl sites for hydroxylation is 1. The number of likely N-dealkylation sites (tertiary alicyclic amines) is 1. The lowest BCUT2D eigenvalue weighted by molar-refractivity contribution is 0.0167. The van der Waals surface area contributed by atoms with Crippen LogP contribution in [0.25, 0.3) is 22.3 Å². The third-order valence-corrected chi connectivity index (χ3v) is 8.61. The number of hydrogen-bond donors (Lipinski definition) is 1. The largest absolute Gasteiger partial charge is 0.444 e. The fourth-order valence-corrected chi connectivity index (χ4v) is 6.49. The zero-order valence-corrected chi connectivity index (χ0v) is 27.4. The van der Waals surface area contributed by atoms with Crippen LogP contribution < -0.4 is 5.32 Å². The predicted molar refractivity (Wildman–Crippen MR) is 173 cm³/mol. The van der Waals surface area contributed by atoms with Gasteiger partial charge in [-0.3, -0.25) is 4.90 Å². The van der Waals surface area contributed by atoms with Crippen LogP contribution in [-0.2, 0) is 17.7 Å². The van der Waals surface area contributed by atoms with Crippen molar-refractivity contribution >= 4 is 28.9 Å². The summed E-state index contributed by atoms with van der Waals surface area (Å²) in [6.07, 6.45) is 3.59. The topological polar surface area (TPSA) is 101 Å². The van der Waals surface area contributed by atoms with Crippen LogP contribution in [0, 0.1) is 24.5 Å². The summed E-state index contributed by atoms with van der Waals surface area (Å²) in [6.45, 7) is 15.6. The Kier molecular flexibility index (Phi) is 8.66. The van der Waals surface area contributed by atoms with E-state index in [1.54, 1.807) is 6.07 Å². The molecule has 0 unspecified atom stereocenters. The first-order valence-corrected chi connectivity index (χ1v) is 16.0. The van der Waals surface area contributed by atoms with Crippen LogP contribution in [-0.4, -0.2) is 72.2 Å². The summed E-state index contributed by atoms with van der Waals surface area (Å²) in [5.74, 6) is 0.782. The number of benzene rings is 1. The van der Waals surface area contributed by atoms with E-state index in [0.29, 0.717) is 28.6 Å². The molecule has 1 N–H and O–H groups in total. The highest BCUT2D eigenvalue weighted by atomic mass is 19.1. The Hall–Kier alpha value is -4.19. The van der Waals surface area contributed by atoms with Crippen molar-refractivity contribution in [2.75, 3.05) is 31.5 Å². The first-order valence-electron chi connectivity index (χ1n) is 16.0. The van der Waals surface area contributed by atoms with Crippen LogP contribution in [0.3, 0.4) is 0 Å². The highest BCUT2D eigenvalue weighted by molar-refractivity contribution is 5.83. The molecule has 244 valence electrons. The van der Waals surface area contributed by atoms with Crippen LogP contribution in [0.2, 0.25) is 0 Å². The zero-order valence-electron chi connectivity index (χ0n) is 27.4. The molecule has 0 saturated carbocycles. The maximum Gasteiger partial charge on any atom is 0.410 e. The zero-order chi connectivity index (χ0) is 32.7. The van der Waals surface area contributed by atoms with Crippen LogP contribution >= 0.6 is 0 Å². The number of carbonyl (C=O) groups excluding carboxylic acids is 1. The molecular weight excluding hydrogens is 590 g/mol. The van der Waals surface area contributed by atoms with Gasteiger partial charge in [0.15, 0.2) is 11.6 Å². The predicted octanol–water partition coefficient (Wildman–Crippen LogP) is 6.80. The Balaban J connectivity index is 1.11. The second kappa shape index (κ2) is 12.5. The number of anilines is 2. The first-order chi connectivity index (χ1) is 21.8. The molecule has 0 atom stereocenters. The Bertz CT molecular complexity index is 1760. The highest BCUT2D eigenvalue weighted by Crippen LogP contribution is 2.31. The van der Waals surface area contributed by atoms with Crippen LogP contribution in [0.1, 0.15) is 70.6 Å². The number of fused-ring (bicyclic) bond motifs is 2. The maximum atomic E-state index is 15.1. The lowest BCUT2D eigenvalue weighted by Gasteiger charge is -2.36. The molecular formula is C34H42F2N8O2. The molecule has 0 spiro atoms. The smallest absolute Gasteiger partial charge is 0.410 e. The summed E-state index contributed by atoms with van der Waals surface area (Å²) in [7, 11) is 0. The number of pyridine rings is 1. The Morgan fingerprint density at radius 2 is 1.83 bits per heavy atom. The minimum atomic E-state index is -0.648. The molecule has 0 bridgehead atoms. The molecule has 4 aromatic rings. The molecule has 1 aromatic carbocycles. The molecule has 5 heterocycles. The minimum Gasteiger partial charge on any atom is -0.444 e. The number of rotatable bonds is 6. The second-order valence-electron chi connectivity index (χ2n) is 13.7. The number of carbonyl (C=O) groups is 1. The van der Waals surface area contributed by atoms with Crippen LogP contribution in [0.5, 0.6) is 0 Å². The lowest BCUT2D eigenvalue weighted by atomic mass is 9.95. The van der Waals surface area contributed by atoms with Gasteiger partial charge < -0.3 is 19.5 Å². The van der Waals surface area contributed by atoms with E-state index in [4.69, 9.17) is 9.72 Å². The number of nitrogens with zero attached hydrogens (tertiary/aromatic N) is 7. The van der Waals surface area contributed by atoms with E-state index in [-0.39, 0.29) is 29.3 Å². The summed E-state index contributed by atoms with van der Waals surface area (Å²) < 4.78 is 37.5. The van der Waals surface area contributed by atoms with Crippen molar-refractivity contribution in [1.82, 2.24) is 34.3 Å². The fourth-order valence-electron chi connectivity index (χ4n) is 6.49. The highest BCUT2D eigenvalue weighted by Gasteiger charge is 2.29. The number of piperidine rings is 1. The van der Waals surface area contributed by atoms with Gasteiger partial charge in [0, 0.05) is 56.4 Å². The number of hydrogen-bond acceptors (Lipinski definition) is 8. The minimum absolute atomic E-state index is 0.00186. The molecule has 12 heteroatoms. The van der Waals surface area contributed by atoms with Crippen LogP contribution in [0.4, 0.5) is 25.3 Å². The van der Waals surface area contributed by atoms with Crippen molar-refractivity contribution < 1.29 is 18.3 Å². The summed E-state index contributed by atoms with van der Waals surface area (Å²) in [5, 5.41) is 3.11. The van der Waals surface area contributed by atoms with Crippen molar-refractivity contribution in [1.29, 1.82) is 0 Å². The van der Waals surface area contributed by atoms with Crippen LogP contribution in [0.15, 0.2) is 30.5 Å². The lowest BCUT2D eigenvalue weighted by Crippen LogP contribution is -2.44. The van der Waals surface area contributed by atoms with Gasteiger partial charge in [-0.1, -0.05) is 6.07 Å². The number of nitrogens with one attached hydrogen (secondary N) is 1. The van der Waals surface area contributed by atoms with E-state index < -0.39 is 17.2 Å². The SMILES string of the molecule is Cc1nc2c(F)cc(-c3nc(Nc4ccc5c(n4)CCN(CC4CCN(C(=O)OC(C)(C)C)CC4)C5)ncc3F)cc2n1C(C)C. The molecule has 6 rings (SSSR count). The van der Waals surface area contributed by atoms with Crippen molar-refractivity contribution in [3.05, 3.63) is 59.2 Å². The third kappa shape index (κ3) is 6.81. The number of imidazole rings is 1. The van der Waals surface area contributed by atoms with E-state index in [2.05, 4.69) is 31.2 Å². The summed E-state index contributed by atoms with van der Waals surface area (Å²) in [5.41, 5.74) is 2.84. The molecule has 0 aliphatic carbocycles. The molecule has 2 aliphatic heterocycles. The number of halogens is 2. The first kappa shape index (κ1) is 31.8. The standard InChI is InChI=1S/C34H42F2N8O2/c1-20(2)44-21(3)38-31-25(35)15-24(16-28(31)44)30-26(36)17-37-32(41-30)40-29-8-7-23-19-42(12-11-27(23)39-29)18-22-9-13-43(14-10-22)33(45)46-34(4,5)6/h7-8,15-17,20,22H,9-14,18-19H2,1-6H3,(H,37,39,40,41). The fraction of sp³-hybridized carbons (Fsp3) is 0.500. The van der Waals surface area contributed by atoms with Gasteiger partial charge in [-0.05, 0) is 84.1 Å². The molecule has 2 aliphatic rings. The van der Waals surface area contributed by atoms with Gasteiger partial charge in [0.2, 0.25) is 5.95 Å². The monoisotopic (exact) mass is 632 g/mol. The van der Waals surface area contributed by atoms with Gasteiger partial charge in [0.1, 0.15) is 28.5 Å². The van der Waals surface area contributed by atoms with Crippen molar-refractivity contribution in [3.63, 3.8) is 0 Å². The third-order valence-electron chi connectivity index (χ3n) is 8.61. The van der Waals surface area contributed by atoms with Crippen molar-refractivity contribution in [3.8, 4) is 11.3 Å². The molecule has 3 aromatic heterocycles. The van der Waals surface area contributed by atoms with E-state index in [1.165, 1.54) is 11.6 Å². The van der Waals surface area contributed by atoms with Gasteiger partial charge in [0.05, 0.1) is 11.7 Å². The maximum absolute atomic E-state index is 15.1. The van der Waals surface area contributed by atoms with Gasteiger partial charge in [-0.2, -0.15) is 0 Å².